The number of sulfone groups is 1. The predicted molar refractivity (Wildman–Crippen MR) is 91.5 cm³/mol. The molecule has 0 fully saturated rings. The molecule has 0 aliphatic heterocycles. The highest BCUT2D eigenvalue weighted by atomic mass is 32.2. The molecule has 0 amide bonds. The lowest BCUT2D eigenvalue weighted by atomic mass is 10.1. The molecule has 6 heteroatoms. The number of benzene rings is 2. The van der Waals surface area contributed by atoms with E-state index in [4.69, 9.17) is 11.5 Å². The maximum Gasteiger partial charge on any atom is 0.211 e. The zero-order valence-corrected chi connectivity index (χ0v) is 14.0. The highest BCUT2D eigenvalue weighted by Gasteiger charge is 2.37. The monoisotopic (exact) mass is 321 g/mol. The largest absolute Gasteiger partial charge is 0.377 e. The van der Waals surface area contributed by atoms with Crippen LogP contribution in [0.5, 0.6) is 0 Å². The van der Waals surface area contributed by atoms with Gasteiger partial charge in [0.15, 0.2) is 4.99 Å². The van der Waals surface area contributed by atoms with E-state index >= 15 is 0 Å². The van der Waals surface area contributed by atoms with E-state index in [9.17, 15) is 8.42 Å². The lowest BCUT2D eigenvalue weighted by Crippen LogP contribution is -2.55. The quantitative estimate of drug-likeness (QED) is 0.823. The summed E-state index contributed by atoms with van der Waals surface area (Å²) in [6.45, 7) is 1.86. The lowest BCUT2D eigenvalue weighted by molar-refractivity contribution is 0.495. The van der Waals surface area contributed by atoms with Gasteiger partial charge in [0.05, 0.1) is 4.90 Å². The van der Waals surface area contributed by atoms with E-state index in [1.165, 1.54) is 0 Å². The summed E-state index contributed by atoms with van der Waals surface area (Å²) in [4.78, 5) is 0.375. The Balaban J connectivity index is 2.75. The number of hydrogen-bond donors (Lipinski definition) is 2. The molecule has 0 aromatic heterocycles. The van der Waals surface area contributed by atoms with Crippen LogP contribution in [0, 0.1) is 0 Å². The number of rotatable bonds is 5. The van der Waals surface area contributed by atoms with Crippen molar-refractivity contribution in [1.82, 2.24) is 0 Å². The van der Waals surface area contributed by atoms with Crippen LogP contribution in [0.1, 0.15) is 19.8 Å². The van der Waals surface area contributed by atoms with Gasteiger partial charge in [-0.1, -0.05) is 37.6 Å². The lowest BCUT2D eigenvalue weighted by Gasteiger charge is -2.25. The van der Waals surface area contributed by atoms with Gasteiger partial charge in [-0.2, -0.15) is 0 Å². The maximum atomic E-state index is 12.9. The molecule has 2 rings (SSSR count). The molecule has 120 valence electrons. The molecule has 0 bridgehead atoms. The minimum Gasteiger partial charge on any atom is -0.377 e. The summed E-state index contributed by atoms with van der Waals surface area (Å²) in [5.41, 5.74) is 12.8. The van der Waals surface area contributed by atoms with E-state index in [1.54, 1.807) is 18.2 Å². The smallest absolute Gasteiger partial charge is 0.211 e. The minimum atomic E-state index is -3.83. The van der Waals surface area contributed by atoms with Crippen LogP contribution in [-0.4, -0.2) is 27.5 Å². The number of hydrogen-bond acceptors (Lipinski definition) is 5. The summed E-state index contributed by atoms with van der Waals surface area (Å²) < 4.78 is 25.8. The zero-order chi connectivity index (χ0) is 16.5. The molecule has 0 saturated heterocycles. The van der Waals surface area contributed by atoms with Gasteiger partial charge in [-0.25, -0.2) is 8.42 Å². The van der Waals surface area contributed by atoms with Gasteiger partial charge in [0.25, 0.3) is 0 Å². The fourth-order valence-corrected chi connectivity index (χ4v) is 4.23. The molecule has 4 N–H and O–H groups in total. The molecule has 0 radical (unpaired) electrons. The zero-order valence-electron chi connectivity index (χ0n) is 13.2. The second-order valence-corrected chi connectivity index (χ2v) is 7.94. The number of nitrogens with zero attached hydrogens (tertiary/aromatic N) is 1. The van der Waals surface area contributed by atoms with Crippen molar-refractivity contribution < 1.29 is 8.42 Å². The van der Waals surface area contributed by atoms with Crippen LogP contribution in [0.15, 0.2) is 41.3 Å². The molecular formula is C16H23N3O2S. The average Bonchev–Trinajstić information content (AvgIpc) is 2.45. The van der Waals surface area contributed by atoms with Crippen LogP contribution in [0.2, 0.25) is 0 Å². The third-order valence-corrected chi connectivity index (χ3v) is 5.91. The summed E-state index contributed by atoms with van der Waals surface area (Å²) in [6, 6.07) is 10.8. The van der Waals surface area contributed by atoms with E-state index < -0.39 is 14.8 Å². The Morgan fingerprint density at radius 2 is 1.64 bits per heavy atom. The Morgan fingerprint density at radius 3 is 2.23 bits per heavy atom. The van der Waals surface area contributed by atoms with Gasteiger partial charge in [0, 0.05) is 30.6 Å². The second-order valence-electron chi connectivity index (χ2n) is 5.73. The van der Waals surface area contributed by atoms with E-state index in [2.05, 4.69) is 0 Å². The van der Waals surface area contributed by atoms with E-state index in [0.29, 0.717) is 11.8 Å². The average molecular weight is 321 g/mol. The number of fused-ring (bicyclic) bond motifs is 1. The van der Waals surface area contributed by atoms with E-state index in [1.807, 2.05) is 44.1 Å². The van der Waals surface area contributed by atoms with Crippen LogP contribution < -0.4 is 16.4 Å². The first-order valence-corrected chi connectivity index (χ1v) is 8.72. The van der Waals surface area contributed by atoms with Crippen molar-refractivity contribution in [3.8, 4) is 0 Å². The molecule has 2 aromatic carbocycles. The van der Waals surface area contributed by atoms with Crippen LogP contribution >= 0.6 is 0 Å². The molecular weight excluding hydrogens is 298 g/mol. The van der Waals surface area contributed by atoms with Gasteiger partial charge in [0.1, 0.15) is 0 Å². The highest BCUT2D eigenvalue weighted by molar-refractivity contribution is 7.93. The van der Waals surface area contributed by atoms with Crippen molar-refractivity contribution in [1.29, 1.82) is 0 Å². The third-order valence-electron chi connectivity index (χ3n) is 3.77. The standard InChI is InChI=1S/C16H23N3O2S/c1-4-11-16(17,18)22(20,21)15-10-6-7-12-13(15)8-5-9-14(12)19(2)3/h5-10H,4,11,17-18H2,1-3H3. The Bertz CT molecular complexity index is 783. The van der Waals surface area contributed by atoms with Crippen molar-refractivity contribution in [2.75, 3.05) is 19.0 Å². The molecule has 0 saturated carbocycles. The highest BCUT2D eigenvalue weighted by Crippen LogP contribution is 2.33. The predicted octanol–water partition coefficient (Wildman–Crippen LogP) is 2.05. The van der Waals surface area contributed by atoms with Gasteiger partial charge >= 0.3 is 0 Å². The molecule has 0 aliphatic carbocycles. The van der Waals surface area contributed by atoms with E-state index in [0.717, 1.165) is 11.1 Å². The molecule has 22 heavy (non-hydrogen) atoms. The SMILES string of the molecule is CCCC(N)(N)S(=O)(=O)c1cccc2c(N(C)C)cccc12. The maximum absolute atomic E-state index is 12.9. The summed E-state index contributed by atoms with van der Waals surface area (Å²) in [5, 5.41) is 1.51. The Labute approximate surface area is 131 Å². The molecule has 0 heterocycles. The first-order valence-electron chi connectivity index (χ1n) is 7.24. The molecule has 0 aliphatic rings. The van der Waals surface area contributed by atoms with Crippen molar-refractivity contribution in [2.45, 2.75) is 29.7 Å². The Hall–Kier alpha value is -1.63. The van der Waals surface area contributed by atoms with Crippen molar-refractivity contribution in [3.05, 3.63) is 36.4 Å². The third kappa shape index (κ3) is 2.69. The topological polar surface area (TPSA) is 89.4 Å². The fourth-order valence-electron chi connectivity index (χ4n) is 2.62. The summed E-state index contributed by atoms with van der Waals surface area (Å²) in [7, 11) is 0.00697. The van der Waals surface area contributed by atoms with Gasteiger partial charge in [-0.3, -0.25) is 0 Å². The van der Waals surface area contributed by atoms with Crippen molar-refractivity contribution >= 4 is 26.3 Å². The molecule has 2 aromatic rings. The van der Waals surface area contributed by atoms with Gasteiger partial charge in [0.2, 0.25) is 9.84 Å². The Morgan fingerprint density at radius 1 is 1.05 bits per heavy atom. The molecule has 0 atom stereocenters. The Kier molecular flexibility index (Phi) is 4.47. The normalized spacial score (nSPS) is 12.6. The molecule has 0 spiro atoms. The number of nitrogens with two attached hydrogens (primary N) is 2. The van der Waals surface area contributed by atoms with Crippen LogP contribution in [0.4, 0.5) is 5.69 Å². The van der Waals surface area contributed by atoms with Gasteiger partial charge in [-0.05, 0) is 18.6 Å². The minimum absolute atomic E-state index is 0.187. The second kappa shape index (κ2) is 5.87. The first-order chi connectivity index (χ1) is 10.2. The van der Waals surface area contributed by atoms with Crippen molar-refractivity contribution in [3.63, 3.8) is 0 Å². The van der Waals surface area contributed by atoms with Crippen molar-refractivity contribution in [2.24, 2.45) is 11.5 Å². The van der Waals surface area contributed by atoms with Crippen LogP contribution in [0.3, 0.4) is 0 Å². The molecule has 0 unspecified atom stereocenters. The first kappa shape index (κ1) is 16.7. The summed E-state index contributed by atoms with van der Waals surface area (Å²) in [6.07, 6.45) is 0.805. The van der Waals surface area contributed by atoms with Crippen LogP contribution in [0.25, 0.3) is 10.8 Å². The van der Waals surface area contributed by atoms with Gasteiger partial charge < -0.3 is 16.4 Å². The molecule has 5 nitrogen and oxygen atoms in total. The van der Waals surface area contributed by atoms with E-state index in [-0.39, 0.29) is 11.3 Å². The summed E-state index contributed by atoms with van der Waals surface area (Å²) >= 11 is 0. The van der Waals surface area contributed by atoms with Gasteiger partial charge in [-0.15, -0.1) is 0 Å². The fraction of sp³-hybridized carbons (Fsp3) is 0.375. The number of anilines is 1. The summed E-state index contributed by atoms with van der Waals surface area (Å²) in [5.74, 6) is 0. The van der Waals surface area contributed by atoms with Crippen LogP contribution in [-0.2, 0) is 9.84 Å².